The Morgan fingerprint density at radius 3 is 3.00 bits per heavy atom. The maximum absolute atomic E-state index is 13.3. The molecule has 1 aromatic carbocycles. The molecule has 0 fully saturated rings. The fourth-order valence-corrected chi connectivity index (χ4v) is 1.43. The third-order valence-electron chi connectivity index (χ3n) is 2.30. The summed E-state index contributed by atoms with van der Waals surface area (Å²) in [5, 5.41) is 11.3. The van der Waals surface area contributed by atoms with Gasteiger partial charge >= 0.3 is 0 Å². The normalized spacial score (nSPS) is 9.83. The van der Waals surface area contributed by atoms with Crippen LogP contribution in [-0.4, -0.2) is 19.1 Å². The lowest BCUT2D eigenvalue weighted by atomic mass is 10.1. The molecule has 0 atom stereocenters. The van der Waals surface area contributed by atoms with Gasteiger partial charge in [0.1, 0.15) is 17.4 Å². The van der Waals surface area contributed by atoms with E-state index in [2.05, 4.69) is 5.32 Å². The molecule has 0 aliphatic rings. The van der Waals surface area contributed by atoms with Crippen molar-refractivity contribution in [1.82, 2.24) is 0 Å². The largest absolute Gasteiger partial charge is 0.382 e. The number of hydrogen-bond donors (Lipinski definition) is 1. The second-order valence-corrected chi connectivity index (χ2v) is 3.62. The first kappa shape index (κ1) is 14.1. The van der Waals surface area contributed by atoms with Crippen LogP contribution in [0.1, 0.15) is 25.3 Å². The van der Waals surface area contributed by atoms with Crippen LogP contribution in [-0.2, 0) is 9.53 Å². The highest BCUT2D eigenvalue weighted by Gasteiger charge is 2.10. The summed E-state index contributed by atoms with van der Waals surface area (Å²) >= 11 is 0. The number of anilines is 1. The van der Waals surface area contributed by atoms with Crippen LogP contribution in [0.3, 0.4) is 0 Å². The van der Waals surface area contributed by atoms with Crippen LogP contribution in [0.4, 0.5) is 10.1 Å². The van der Waals surface area contributed by atoms with Crippen molar-refractivity contribution in [1.29, 1.82) is 5.26 Å². The first-order valence-corrected chi connectivity index (χ1v) is 5.75. The summed E-state index contributed by atoms with van der Waals surface area (Å²) in [4.78, 5) is 11.6. The summed E-state index contributed by atoms with van der Waals surface area (Å²) < 4.78 is 18.4. The number of nitrogens with zero attached hydrogens (tertiary/aromatic N) is 1. The molecule has 0 saturated heterocycles. The van der Waals surface area contributed by atoms with E-state index >= 15 is 0 Å². The maximum Gasteiger partial charge on any atom is 0.224 e. The van der Waals surface area contributed by atoms with E-state index in [1.807, 2.05) is 6.92 Å². The second kappa shape index (κ2) is 7.41. The number of carbonyl (C=O) groups is 1. The van der Waals surface area contributed by atoms with Crippen molar-refractivity contribution in [2.24, 2.45) is 0 Å². The zero-order chi connectivity index (χ0) is 13.4. The highest BCUT2D eigenvalue weighted by Crippen LogP contribution is 2.17. The Hall–Kier alpha value is -1.93. The maximum atomic E-state index is 13.3. The van der Waals surface area contributed by atoms with Crippen LogP contribution < -0.4 is 5.32 Å². The van der Waals surface area contributed by atoms with E-state index in [0.717, 1.165) is 0 Å². The van der Waals surface area contributed by atoms with Crippen LogP contribution in [0.2, 0.25) is 0 Å². The molecule has 1 N–H and O–H groups in total. The Labute approximate surface area is 105 Å². The number of amides is 1. The molecule has 0 unspecified atom stereocenters. The molecule has 5 heteroatoms. The van der Waals surface area contributed by atoms with Crippen molar-refractivity contribution in [2.45, 2.75) is 19.8 Å². The van der Waals surface area contributed by atoms with Gasteiger partial charge in [0.25, 0.3) is 0 Å². The molecule has 1 amide bonds. The molecule has 1 aromatic rings. The molecule has 4 nitrogen and oxygen atoms in total. The first-order chi connectivity index (χ1) is 8.69. The van der Waals surface area contributed by atoms with Gasteiger partial charge in [0.05, 0.1) is 5.69 Å². The molecule has 96 valence electrons. The topological polar surface area (TPSA) is 62.1 Å². The van der Waals surface area contributed by atoms with Crippen molar-refractivity contribution in [3.8, 4) is 6.07 Å². The zero-order valence-electron chi connectivity index (χ0n) is 10.2. The van der Waals surface area contributed by atoms with Crippen molar-refractivity contribution in [2.75, 3.05) is 18.5 Å². The SMILES string of the molecule is CCOCCCC(=O)Nc1cccc(F)c1C#N. The van der Waals surface area contributed by atoms with Crippen molar-refractivity contribution in [3.05, 3.63) is 29.6 Å². The number of ether oxygens (including phenoxy) is 1. The first-order valence-electron chi connectivity index (χ1n) is 5.75. The van der Waals surface area contributed by atoms with Gasteiger partial charge in [0.2, 0.25) is 5.91 Å². The van der Waals surface area contributed by atoms with Gasteiger partial charge in [-0.15, -0.1) is 0 Å². The van der Waals surface area contributed by atoms with Gasteiger partial charge in [-0.3, -0.25) is 4.79 Å². The van der Waals surface area contributed by atoms with Crippen LogP contribution in [0.15, 0.2) is 18.2 Å². The Kier molecular flexibility index (Phi) is 5.81. The molecule has 0 saturated carbocycles. The van der Waals surface area contributed by atoms with Gasteiger partial charge in [0.15, 0.2) is 0 Å². The van der Waals surface area contributed by atoms with E-state index in [9.17, 15) is 9.18 Å². The number of benzene rings is 1. The molecule has 0 radical (unpaired) electrons. The molecular formula is C13H15FN2O2. The third kappa shape index (κ3) is 4.15. The van der Waals surface area contributed by atoms with Gasteiger partial charge < -0.3 is 10.1 Å². The summed E-state index contributed by atoms with van der Waals surface area (Å²) in [7, 11) is 0. The number of nitrogens with one attached hydrogen (secondary N) is 1. The average molecular weight is 250 g/mol. The summed E-state index contributed by atoms with van der Waals surface area (Å²) in [5.41, 5.74) is 0.0644. The van der Waals surface area contributed by atoms with Crippen LogP contribution in [0.25, 0.3) is 0 Å². The van der Waals surface area contributed by atoms with E-state index in [4.69, 9.17) is 10.00 Å². The van der Waals surface area contributed by atoms with Gasteiger partial charge in [-0.2, -0.15) is 5.26 Å². The van der Waals surface area contributed by atoms with Gasteiger partial charge in [0, 0.05) is 19.6 Å². The van der Waals surface area contributed by atoms with E-state index in [0.29, 0.717) is 19.6 Å². The van der Waals surface area contributed by atoms with E-state index < -0.39 is 5.82 Å². The molecule has 0 aliphatic heterocycles. The molecule has 0 bridgehead atoms. The highest BCUT2D eigenvalue weighted by atomic mass is 19.1. The lowest BCUT2D eigenvalue weighted by molar-refractivity contribution is -0.116. The Morgan fingerprint density at radius 2 is 2.33 bits per heavy atom. The number of carbonyl (C=O) groups excluding carboxylic acids is 1. The van der Waals surface area contributed by atoms with Crippen LogP contribution in [0, 0.1) is 17.1 Å². The second-order valence-electron chi connectivity index (χ2n) is 3.62. The smallest absolute Gasteiger partial charge is 0.224 e. The Balaban J connectivity index is 2.55. The zero-order valence-corrected chi connectivity index (χ0v) is 10.2. The number of nitriles is 1. The summed E-state index contributed by atoms with van der Waals surface area (Å²) in [6.45, 7) is 3.01. The molecule has 0 aliphatic carbocycles. The Morgan fingerprint density at radius 1 is 1.56 bits per heavy atom. The van der Waals surface area contributed by atoms with Crippen LogP contribution >= 0.6 is 0 Å². The van der Waals surface area contributed by atoms with Gasteiger partial charge in [-0.25, -0.2) is 4.39 Å². The lowest BCUT2D eigenvalue weighted by Crippen LogP contribution is -2.13. The van der Waals surface area contributed by atoms with E-state index in [1.54, 1.807) is 6.07 Å². The fourth-order valence-electron chi connectivity index (χ4n) is 1.43. The summed E-state index contributed by atoms with van der Waals surface area (Å²) in [6.07, 6.45) is 0.873. The quantitative estimate of drug-likeness (QED) is 0.789. The summed E-state index contributed by atoms with van der Waals surface area (Å²) in [6, 6.07) is 5.87. The van der Waals surface area contributed by atoms with Crippen molar-refractivity contribution >= 4 is 11.6 Å². The minimum absolute atomic E-state index is 0.143. The fraction of sp³-hybridized carbons (Fsp3) is 0.385. The minimum atomic E-state index is -0.635. The molecule has 1 rings (SSSR count). The van der Waals surface area contributed by atoms with E-state index in [1.165, 1.54) is 18.2 Å². The van der Waals surface area contributed by atoms with Gasteiger partial charge in [-0.05, 0) is 25.5 Å². The van der Waals surface area contributed by atoms with Crippen molar-refractivity contribution < 1.29 is 13.9 Å². The molecular weight excluding hydrogens is 235 g/mol. The van der Waals surface area contributed by atoms with Crippen LogP contribution in [0.5, 0.6) is 0 Å². The molecule has 0 spiro atoms. The predicted octanol–water partition coefficient (Wildman–Crippen LogP) is 2.45. The minimum Gasteiger partial charge on any atom is -0.382 e. The number of hydrogen-bond acceptors (Lipinski definition) is 3. The monoisotopic (exact) mass is 250 g/mol. The molecule has 0 aromatic heterocycles. The van der Waals surface area contributed by atoms with E-state index in [-0.39, 0.29) is 23.6 Å². The third-order valence-corrected chi connectivity index (χ3v) is 2.30. The summed E-state index contributed by atoms with van der Waals surface area (Å²) in [5.74, 6) is -0.888. The number of rotatable bonds is 6. The van der Waals surface area contributed by atoms with Crippen molar-refractivity contribution in [3.63, 3.8) is 0 Å². The lowest BCUT2D eigenvalue weighted by Gasteiger charge is -2.07. The standard InChI is InChI=1S/C13H15FN2O2/c1-2-18-8-4-7-13(17)16-12-6-3-5-11(14)10(12)9-15/h3,5-6H,2,4,7-8H2,1H3,(H,16,17). The van der Waals surface area contributed by atoms with Gasteiger partial charge in [-0.1, -0.05) is 6.07 Å². The Bertz CT molecular complexity index is 455. The molecule has 0 heterocycles. The highest BCUT2D eigenvalue weighted by molar-refractivity contribution is 5.92. The predicted molar refractivity (Wildman–Crippen MR) is 65.5 cm³/mol. The average Bonchev–Trinajstić information content (AvgIpc) is 2.35. The number of halogens is 1. The molecule has 18 heavy (non-hydrogen) atoms.